The van der Waals surface area contributed by atoms with Crippen LogP contribution in [0.15, 0.2) is 12.7 Å². The van der Waals surface area contributed by atoms with E-state index < -0.39 is 30.5 Å². The van der Waals surface area contributed by atoms with Gasteiger partial charge < -0.3 is 34.6 Å². The minimum Gasteiger partial charge on any atom is -0.465 e. The fourth-order valence-corrected chi connectivity index (χ4v) is 3.02. The average molecular weight is 433 g/mol. The van der Waals surface area contributed by atoms with Gasteiger partial charge in [-0.2, -0.15) is 0 Å². The summed E-state index contributed by atoms with van der Waals surface area (Å²) in [5.41, 5.74) is 0. The Morgan fingerprint density at radius 2 is 1.53 bits per heavy atom. The van der Waals surface area contributed by atoms with Crippen LogP contribution in [0.1, 0.15) is 40.0 Å². The number of aliphatic hydroxyl groups excluding tert-OH is 4. The molecule has 3 saturated heterocycles. The zero-order valence-corrected chi connectivity index (χ0v) is 18.0. The lowest BCUT2D eigenvalue weighted by molar-refractivity contribution is -0.172. The van der Waals surface area contributed by atoms with Crippen molar-refractivity contribution >= 4 is 11.9 Å². The molecule has 0 aromatic heterocycles. The molecule has 30 heavy (non-hydrogen) atoms. The number of aliphatic hydroxyl groups is 4. The Bertz CT molecular complexity index is 553. The van der Waals surface area contributed by atoms with Crippen LogP contribution in [0.5, 0.6) is 0 Å². The number of hydrogen-bond donors (Lipinski definition) is 4. The summed E-state index contributed by atoms with van der Waals surface area (Å²) in [6.07, 6.45) is 0.403. The van der Waals surface area contributed by atoms with Gasteiger partial charge in [0.2, 0.25) is 0 Å². The summed E-state index contributed by atoms with van der Waals surface area (Å²) in [7, 11) is 0. The first-order valence-electron chi connectivity index (χ1n) is 10.3. The molecule has 9 nitrogen and oxygen atoms in total. The molecular weight excluding hydrogens is 396 g/mol. The lowest BCUT2D eigenvalue weighted by Gasteiger charge is -2.30. The molecule has 0 aliphatic carbocycles. The minimum absolute atomic E-state index is 0.0349. The van der Waals surface area contributed by atoms with Gasteiger partial charge in [0.05, 0.1) is 50.5 Å². The normalized spacial score (nSPS) is 38.6. The summed E-state index contributed by atoms with van der Waals surface area (Å²) in [6.45, 7) is 10.3. The molecule has 1 unspecified atom stereocenters. The first kappa shape index (κ1) is 26.5. The highest BCUT2D eigenvalue weighted by molar-refractivity contribution is 5.74. The Kier molecular flexibility index (Phi) is 11.5. The quantitative estimate of drug-likeness (QED) is 0.360. The van der Waals surface area contributed by atoms with E-state index in [9.17, 15) is 14.7 Å². The van der Waals surface area contributed by atoms with Gasteiger partial charge in [0.1, 0.15) is 0 Å². The van der Waals surface area contributed by atoms with Gasteiger partial charge in [0, 0.05) is 24.2 Å². The van der Waals surface area contributed by atoms with Crippen molar-refractivity contribution in [1.29, 1.82) is 0 Å². The number of ether oxygens (including phenoxy) is 3. The van der Waals surface area contributed by atoms with Gasteiger partial charge in [-0.05, 0) is 6.42 Å². The third kappa shape index (κ3) is 8.69. The van der Waals surface area contributed by atoms with Crippen molar-refractivity contribution in [2.75, 3.05) is 19.8 Å². The topological polar surface area (TPSA) is 143 Å². The van der Waals surface area contributed by atoms with E-state index in [0.29, 0.717) is 32.7 Å². The molecule has 9 heteroatoms. The summed E-state index contributed by atoms with van der Waals surface area (Å²) in [4.78, 5) is 21.5. The maximum atomic E-state index is 11.1. The second-order valence-electron chi connectivity index (χ2n) is 8.23. The van der Waals surface area contributed by atoms with Gasteiger partial charge in [-0.3, -0.25) is 9.59 Å². The lowest BCUT2D eigenvalue weighted by atomic mass is 9.88. The van der Waals surface area contributed by atoms with Crippen LogP contribution in [0.3, 0.4) is 0 Å². The van der Waals surface area contributed by atoms with Crippen LogP contribution in [0, 0.1) is 23.7 Å². The molecule has 4 N–H and O–H groups in total. The number of allylic oxidation sites excluding steroid dienone is 1. The van der Waals surface area contributed by atoms with Crippen LogP contribution < -0.4 is 0 Å². The van der Waals surface area contributed by atoms with Crippen LogP contribution in [-0.2, 0) is 23.8 Å². The van der Waals surface area contributed by atoms with Crippen LogP contribution in [0.25, 0.3) is 0 Å². The van der Waals surface area contributed by atoms with E-state index in [1.165, 1.54) is 0 Å². The first-order chi connectivity index (χ1) is 14.1. The van der Waals surface area contributed by atoms with Gasteiger partial charge in [0.15, 0.2) is 6.29 Å². The molecule has 3 aliphatic heterocycles. The highest BCUT2D eigenvalue weighted by Gasteiger charge is 2.35. The van der Waals surface area contributed by atoms with Gasteiger partial charge >= 0.3 is 11.9 Å². The van der Waals surface area contributed by atoms with E-state index in [1.807, 2.05) is 20.8 Å². The molecule has 0 spiro atoms. The van der Waals surface area contributed by atoms with E-state index in [-0.39, 0.29) is 36.1 Å². The van der Waals surface area contributed by atoms with Crippen molar-refractivity contribution < 1.29 is 44.2 Å². The summed E-state index contributed by atoms with van der Waals surface area (Å²) < 4.78 is 14.4. The fourth-order valence-electron chi connectivity index (χ4n) is 3.02. The van der Waals surface area contributed by atoms with Gasteiger partial charge in [-0.1, -0.05) is 26.8 Å². The summed E-state index contributed by atoms with van der Waals surface area (Å²) >= 11 is 0. The fraction of sp³-hybridized carbons (Fsp3) is 0.810. The summed E-state index contributed by atoms with van der Waals surface area (Å²) in [5.74, 6) is -0.712. The molecule has 3 rings (SSSR count). The molecule has 0 aromatic carbocycles. The minimum atomic E-state index is -0.754. The number of carbonyl (C=O) groups excluding carboxylic acids is 2. The first-order valence-corrected chi connectivity index (χ1v) is 10.3. The molecule has 0 aromatic rings. The van der Waals surface area contributed by atoms with Crippen molar-refractivity contribution in [3.8, 4) is 0 Å². The predicted molar refractivity (Wildman–Crippen MR) is 107 cm³/mol. The lowest BCUT2D eigenvalue weighted by Crippen LogP contribution is -2.41. The largest absolute Gasteiger partial charge is 0.465 e. The zero-order valence-electron chi connectivity index (χ0n) is 18.0. The Balaban J connectivity index is 0.000000229. The number of hydrogen-bond acceptors (Lipinski definition) is 9. The molecule has 0 radical (unpaired) electrons. The van der Waals surface area contributed by atoms with Crippen molar-refractivity contribution in [2.24, 2.45) is 23.7 Å². The van der Waals surface area contributed by atoms with Crippen LogP contribution in [-0.4, -0.2) is 76.8 Å². The maximum absolute atomic E-state index is 11.1. The van der Waals surface area contributed by atoms with E-state index in [2.05, 4.69) is 11.3 Å². The molecule has 0 saturated carbocycles. The molecule has 3 fully saturated rings. The molecular formula is C21H36O9. The van der Waals surface area contributed by atoms with Crippen molar-refractivity contribution in [2.45, 2.75) is 64.6 Å². The van der Waals surface area contributed by atoms with Gasteiger partial charge in [-0.25, -0.2) is 0 Å². The van der Waals surface area contributed by atoms with Crippen molar-refractivity contribution in [3.63, 3.8) is 0 Å². The third-order valence-electron chi connectivity index (χ3n) is 5.40. The van der Waals surface area contributed by atoms with Gasteiger partial charge in [0.25, 0.3) is 0 Å². The number of carbonyl (C=O) groups is 2. The number of rotatable bonds is 2. The Hall–Kier alpha value is -1.52. The Morgan fingerprint density at radius 1 is 0.933 bits per heavy atom. The van der Waals surface area contributed by atoms with E-state index in [0.717, 1.165) is 0 Å². The smallest absolute Gasteiger partial charge is 0.311 e. The van der Waals surface area contributed by atoms with Crippen molar-refractivity contribution in [3.05, 3.63) is 12.7 Å². The Morgan fingerprint density at radius 3 is 2.03 bits per heavy atom. The molecule has 3 heterocycles. The SMILES string of the molecule is C=CC[C@@H]1C(=O)OC[C@H](C)[C@H]1O.C[C@H]1COC(=O)C[C@@H]1O.C[C@H]1COC(O)C[C@@H]1O. The molecule has 0 amide bonds. The second kappa shape index (κ2) is 13.0. The molecule has 0 bridgehead atoms. The number of cyclic esters (lactones) is 2. The van der Waals surface area contributed by atoms with Crippen LogP contribution >= 0.6 is 0 Å². The molecule has 8 atom stereocenters. The molecule has 174 valence electrons. The average Bonchev–Trinajstić information content (AvgIpc) is 2.69. The molecule has 3 aliphatic rings. The Labute approximate surface area is 177 Å². The van der Waals surface area contributed by atoms with Crippen LogP contribution in [0.4, 0.5) is 0 Å². The monoisotopic (exact) mass is 432 g/mol. The highest BCUT2D eigenvalue weighted by Crippen LogP contribution is 2.24. The maximum Gasteiger partial charge on any atom is 0.311 e. The zero-order chi connectivity index (χ0) is 22.8. The second-order valence-corrected chi connectivity index (χ2v) is 8.23. The summed E-state index contributed by atoms with van der Waals surface area (Å²) in [6, 6.07) is 0. The number of esters is 2. The van der Waals surface area contributed by atoms with Gasteiger partial charge in [-0.15, -0.1) is 6.58 Å². The standard InChI is InChI=1S/C9H14O3.C6H12O3.C6H10O3/c1-3-4-7-8(10)6(2)5-12-9(7)11;2*1-4-3-9-6(8)2-5(4)7/h3,6-8,10H,1,4-5H2,2H3;4-8H,2-3H2,1H3;4-5,7H,2-3H2,1H3/t6-,7-,8+;4-,5-,6?;4-,5-/m000/s1. The van der Waals surface area contributed by atoms with E-state index in [1.54, 1.807) is 6.08 Å². The predicted octanol–water partition coefficient (Wildman–Crippen LogP) is 0.385. The summed E-state index contributed by atoms with van der Waals surface area (Å²) in [5, 5.41) is 36.6. The third-order valence-corrected chi connectivity index (χ3v) is 5.40. The van der Waals surface area contributed by atoms with E-state index >= 15 is 0 Å². The van der Waals surface area contributed by atoms with E-state index in [4.69, 9.17) is 24.8 Å². The van der Waals surface area contributed by atoms with Crippen LogP contribution in [0.2, 0.25) is 0 Å². The van der Waals surface area contributed by atoms with Crippen molar-refractivity contribution in [1.82, 2.24) is 0 Å². The highest BCUT2D eigenvalue weighted by atomic mass is 16.6.